The summed E-state index contributed by atoms with van der Waals surface area (Å²) >= 11 is 1.50. The van der Waals surface area contributed by atoms with Crippen molar-refractivity contribution in [1.82, 2.24) is 14.5 Å². The Morgan fingerprint density at radius 1 is 1.46 bits per heavy atom. The van der Waals surface area contributed by atoms with Crippen LogP contribution in [0.4, 0.5) is 0 Å². The molecule has 2 aromatic rings. The molecular weight excluding hydrogens is 346 g/mol. The number of nitrogens with one attached hydrogen (secondary N) is 1. The van der Waals surface area contributed by atoms with Crippen LogP contribution in [-0.2, 0) is 14.8 Å². The number of aromatic nitrogens is 2. The molecular formula is C16H23N3O3S2. The molecule has 1 saturated carbocycles. The Kier molecular flexibility index (Phi) is 5.39. The molecule has 2 heterocycles. The minimum absolute atomic E-state index is 0.250. The topological polar surface area (TPSA) is 73.2 Å². The lowest BCUT2D eigenvalue weighted by molar-refractivity contribution is 0.180. The number of nitrogens with zero attached hydrogens (tertiary/aromatic N) is 2. The van der Waals surface area contributed by atoms with Gasteiger partial charge in [-0.1, -0.05) is 18.9 Å². The van der Waals surface area contributed by atoms with Gasteiger partial charge in [0.15, 0.2) is 0 Å². The Morgan fingerprint density at radius 3 is 2.83 bits per heavy atom. The van der Waals surface area contributed by atoms with Gasteiger partial charge in [-0.05, 0) is 31.2 Å². The van der Waals surface area contributed by atoms with E-state index in [0.717, 1.165) is 17.7 Å². The summed E-state index contributed by atoms with van der Waals surface area (Å²) in [6.07, 6.45) is 6.14. The van der Waals surface area contributed by atoms with Crippen molar-refractivity contribution in [1.29, 1.82) is 0 Å². The average Bonchev–Trinajstić information content (AvgIpc) is 3.27. The quantitative estimate of drug-likeness (QED) is 0.814. The van der Waals surface area contributed by atoms with Crippen molar-refractivity contribution in [3.05, 3.63) is 23.7 Å². The van der Waals surface area contributed by atoms with Crippen molar-refractivity contribution in [2.24, 2.45) is 0 Å². The van der Waals surface area contributed by atoms with Crippen molar-refractivity contribution in [2.75, 3.05) is 13.7 Å². The molecule has 1 unspecified atom stereocenters. The zero-order valence-electron chi connectivity index (χ0n) is 13.9. The standard InChI is InChI=1S/C16H23N3O3S2/c1-12(11-22-2)18-24(20,21)15-10-19(13-6-3-4-7-13)17-16(15)14-8-5-9-23-14/h5,8-10,12-13,18H,3-4,6-7,11H2,1-2H3. The van der Waals surface area contributed by atoms with Crippen LogP contribution in [0.1, 0.15) is 38.6 Å². The van der Waals surface area contributed by atoms with Crippen molar-refractivity contribution in [3.63, 3.8) is 0 Å². The lowest BCUT2D eigenvalue weighted by Crippen LogP contribution is -2.35. The van der Waals surface area contributed by atoms with Crippen LogP contribution in [0.25, 0.3) is 10.6 Å². The highest BCUT2D eigenvalue weighted by Crippen LogP contribution is 2.34. The normalized spacial score (nSPS) is 17.4. The molecule has 0 bridgehead atoms. The van der Waals surface area contributed by atoms with Gasteiger partial charge < -0.3 is 4.74 Å². The highest BCUT2D eigenvalue weighted by Gasteiger charge is 2.28. The molecule has 0 amide bonds. The Balaban J connectivity index is 1.98. The van der Waals surface area contributed by atoms with Crippen LogP contribution in [0.5, 0.6) is 0 Å². The molecule has 0 radical (unpaired) electrons. The van der Waals surface area contributed by atoms with Crippen LogP contribution in [0.3, 0.4) is 0 Å². The van der Waals surface area contributed by atoms with Gasteiger partial charge in [-0.2, -0.15) is 5.10 Å². The van der Waals surface area contributed by atoms with E-state index in [1.54, 1.807) is 20.2 Å². The summed E-state index contributed by atoms with van der Waals surface area (Å²) in [5.74, 6) is 0. The fourth-order valence-electron chi connectivity index (χ4n) is 3.12. The molecule has 0 saturated heterocycles. The molecule has 3 rings (SSSR count). The molecule has 1 N–H and O–H groups in total. The first-order valence-electron chi connectivity index (χ1n) is 8.15. The molecule has 1 atom stereocenters. The van der Waals surface area contributed by atoms with Gasteiger partial charge in [-0.25, -0.2) is 13.1 Å². The molecule has 1 fully saturated rings. The number of hydrogen-bond acceptors (Lipinski definition) is 5. The SMILES string of the molecule is COCC(C)NS(=O)(=O)c1cn(C2CCCC2)nc1-c1cccs1. The number of rotatable bonds is 7. The van der Waals surface area contributed by atoms with E-state index < -0.39 is 10.0 Å². The number of sulfonamides is 1. The predicted molar refractivity (Wildman–Crippen MR) is 94.7 cm³/mol. The van der Waals surface area contributed by atoms with Gasteiger partial charge in [0.1, 0.15) is 10.6 Å². The van der Waals surface area contributed by atoms with Gasteiger partial charge in [-0.3, -0.25) is 4.68 Å². The Bertz CT molecular complexity index is 763. The summed E-state index contributed by atoms with van der Waals surface area (Å²) in [6, 6.07) is 3.81. The predicted octanol–water partition coefficient (Wildman–Crippen LogP) is 3.04. The molecule has 6 nitrogen and oxygen atoms in total. The summed E-state index contributed by atoms with van der Waals surface area (Å²) < 4.78 is 35.2. The second-order valence-corrected chi connectivity index (χ2v) is 8.85. The molecule has 2 aromatic heterocycles. The van der Waals surface area contributed by atoms with Crippen LogP contribution in [0.15, 0.2) is 28.6 Å². The van der Waals surface area contributed by atoms with Crippen LogP contribution in [0.2, 0.25) is 0 Å². The fourth-order valence-corrected chi connectivity index (χ4v) is 5.29. The maximum absolute atomic E-state index is 12.8. The van der Waals surface area contributed by atoms with Gasteiger partial charge in [0, 0.05) is 19.3 Å². The molecule has 24 heavy (non-hydrogen) atoms. The highest BCUT2D eigenvalue weighted by molar-refractivity contribution is 7.89. The Hall–Kier alpha value is -1.22. The zero-order valence-corrected chi connectivity index (χ0v) is 15.6. The second-order valence-electron chi connectivity index (χ2n) is 6.22. The van der Waals surface area contributed by atoms with E-state index in [4.69, 9.17) is 4.74 Å². The van der Waals surface area contributed by atoms with E-state index in [9.17, 15) is 8.42 Å². The van der Waals surface area contributed by atoms with Gasteiger partial charge >= 0.3 is 0 Å². The van der Waals surface area contributed by atoms with Gasteiger partial charge in [0.2, 0.25) is 10.0 Å². The van der Waals surface area contributed by atoms with Crippen molar-refractivity contribution < 1.29 is 13.2 Å². The molecule has 1 aliphatic carbocycles. The van der Waals surface area contributed by atoms with Crippen LogP contribution in [-0.4, -0.2) is 38.0 Å². The fraction of sp³-hybridized carbons (Fsp3) is 0.562. The third kappa shape index (κ3) is 3.72. The summed E-state index contributed by atoms with van der Waals surface area (Å²) in [4.78, 5) is 1.12. The highest BCUT2D eigenvalue weighted by atomic mass is 32.2. The molecule has 1 aliphatic rings. The van der Waals surface area contributed by atoms with Gasteiger partial charge in [-0.15, -0.1) is 11.3 Å². The van der Waals surface area contributed by atoms with E-state index in [1.807, 2.05) is 22.2 Å². The first-order chi connectivity index (χ1) is 11.5. The summed E-state index contributed by atoms with van der Waals surface area (Å²) in [7, 11) is -2.10. The van der Waals surface area contributed by atoms with Crippen LogP contribution in [0, 0.1) is 0 Å². The first-order valence-corrected chi connectivity index (χ1v) is 10.5. The van der Waals surface area contributed by atoms with E-state index in [1.165, 1.54) is 24.2 Å². The summed E-state index contributed by atoms with van der Waals surface area (Å²) in [6.45, 7) is 2.11. The van der Waals surface area contributed by atoms with E-state index >= 15 is 0 Å². The van der Waals surface area contributed by atoms with E-state index in [-0.39, 0.29) is 10.9 Å². The third-order valence-electron chi connectivity index (χ3n) is 4.21. The molecule has 0 aliphatic heterocycles. The second kappa shape index (κ2) is 7.35. The number of thiophene rings is 1. The van der Waals surface area contributed by atoms with Crippen molar-refractivity contribution in [2.45, 2.75) is 49.6 Å². The largest absolute Gasteiger partial charge is 0.383 e. The number of methoxy groups -OCH3 is 1. The monoisotopic (exact) mass is 369 g/mol. The maximum atomic E-state index is 12.8. The molecule has 132 valence electrons. The number of hydrogen-bond donors (Lipinski definition) is 1. The minimum Gasteiger partial charge on any atom is -0.383 e. The van der Waals surface area contributed by atoms with Crippen molar-refractivity contribution >= 4 is 21.4 Å². The van der Waals surface area contributed by atoms with Gasteiger partial charge in [0.05, 0.1) is 17.5 Å². The van der Waals surface area contributed by atoms with Crippen molar-refractivity contribution in [3.8, 4) is 10.6 Å². The third-order valence-corrected chi connectivity index (χ3v) is 6.68. The minimum atomic E-state index is -3.65. The molecule has 0 aromatic carbocycles. The lowest BCUT2D eigenvalue weighted by atomic mass is 10.3. The number of ether oxygens (including phenoxy) is 1. The van der Waals surface area contributed by atoms with Crippen LogP contribution < -0.4 is 4.72 Å². The van der Waals surface area contributed by atoms with Crippen LogP contribution >= 0.6 is 11.3 Å². The molecule has 8 heteroatoms. The zero-order chi connectivity index (χ0) is 17.2. The Labute approximate surface area is 146 Å². The first kappa shape index (κ1) is 17.6. The smallest absolute Gasteiger partial charge is 0.244 e. The molecule has 0 spiro atoms. The average molecular weight is 370 g/mol. The maximum Gasteiger partial charge on any atom is 0.244 e. The summed E-state index contributed by atoms with van der Waals surface area (Å²) in [5.41, 5.74) is 0.536. The van der Waals surface area contributed by atoms with Gasteiger partial charge in [0.25, 0.3) is 0 Å². The van der Waals surface area contributed by atoms with E-state index in [2.05, 4.69) is 9.82 Å². The Morgan fingerprint density at radius 2 is 2.21 bits per heavy atom. The summed E-state index contributed by atoms with van der Waals surface area (Å²) in [5, 5.41) is 6.56. The lowest BCUT2D eigenvalue weighted by Gasteiger charge is -2.12. The van der Waals surface area contributed by atoms with E-state index in [0.29, 0.717) is 18.3 Å².